The number of hydrogen-bond donors (Lipinski definition) is 2. The third-order valence-electron chi connectivity index (χ3n) is 4.17. The Balaban J connectivity index is 1.39. The van der Waals surface area contributed by atoms with Crippen LogP contribution >= 0.6 is 0 Å². The zero-order chi connectivity index (χ0) is 20.3. The molecule has 0 atom stereocenters. The second kappa shape index (κ2) is 10.6. The molecule has 0 bridgehead atoms. The number of hydrogen-bond acceptors (Lipinski definition) is 5. The summed E-state index contributed by atoms with van der Waals surface area (Å²) >= 11 is 0. The second-order valence-electron chi connectivity index (χ2n) is 6.42. The molecule has 3 rings (SSSR count). The Bertz CT molecular complexity index is 913. The van der Waals surface area contributed by atoms with Crippen molar-refractivity contribution in [3.63, 3.8) is 0 Å². The standard InChI is InChI=1S/C21H23N5O3/c27-20(11-6-12-26-16-22-15-23-26)24-25-21(28)14-29-19-10-5-4-9-18(19)13-17-7-2-1-3-8-17/h1-5,7-10,15-16H,6,11-14H2,(H,24,27)(H,25,28). The fourth-order valence-electron chi connectivity index (χ4n) is 2.74. The van der Waals surface area contributed by atoms with E-state index in [0.717, 1.165) is 11.1 Å². The Morgan fingerprint density at radius 3 is 2.52 bits per heavy atom. The van der Waals surface area contributed by atoms with Crippen LogP contribution in [0.3, 0.4) is 0 Å². The monoisotopic (exact) mass is 393 g/mol. The van der Waals surface area contributed by atoms with Crippen LogP contribution < -0.4 is 15.6 Å². The van der Waals surface area contributed by atoms with Gasteiger partial charge in [0.05, 0.1) is 0 Å². The number of para-hydroxylation sites is 1. The van der Waals surface area contributed by atoms with Gasteiger partial charge in [0.25, 0.3) is 5.91 Å². The molecule has 150 valence electrons. The van der Waals surface area contributed by atoms with Crippen LogP contribution in [0.25, 0.3) is 0 Å². The lowest BCUT2D eigenvalue weighted by Gasteiger charge is -2.12. The topological polar surface area (TPSA) is 98.1 Å². The number of amides is 2. The van der Waals surface area contributed by atoms with E-state index in [1.54, 1.807) is 11.0 Å². The maximum Gasteiger partial charge on any atom is 0.276 e. The Hall–Kier alpha value is -3.68. The summed E-state index contributed by atoms with van der Waals surface area (Å²) < 4.78 is 7.30. The van der Waals surface area contributed by atoms with Gasteiger partial charge in [-0.2, -0.15) is 5.10 Å². The molecule has 2 aromatic carbocycles. The first-order valence-electron chi connectivity index (χ1n) is 9.35. The maximum absolute atomic E-state index is 12.0. The van der Waals surface area contributed by atoms with Crippen molar-refractivity contribution in [2.45, 2.75) is 25.8 Å². The number of nitrogens with zero attached hydrogens (tertiary/aromatic N) is 3. The summed E-state index contributed by atoms with van der Waals surface area (Å²) in [5.41, 5.74) is 6.90. The van der Waals surface area contributed by atoms with Crippen molar-refractivity contribution in [2.75, 3.05) is 6.61 Å². The lowest BCUT2D eigenvalue weighted by atomic mass is 10.0. The fraction of sp³-hybridized carbons (Fsp3) is 0.238. The molecule has 0 saturated carbocycles. The number of benzene rings is 2. The molecule has 0 fully saturated rings. The van der Waals surface area contributed by atoms with Crippen molar-refractivity contribution in [3.8, 4) is 5.75 Å². The van der Waals surface area contributed by atoms with Gasteiger partial charge in [0, 0.05) is 19.4 Å². The second-order valence-corrected chi connectivity index (χ2v) is 6.42. The molecule has 0 aliphatic rings. The molecule has 0 aliphatic heterocycles. The zero-order valence-corrected chi connectivity index (χ0v) is 16.0. The van der Waals surface area contributed by atoms with Gasteiger partial charge in [-0.05, 0) is 23.6 Å². The molecule has 2 N–H and O–H groups in total. The van der Waals surface area contributed by atoms with Crippen LogP contribution in [-0.4, -0.2) is 33.2 Å². The number of rotatable bonds is 9. The van der Waals surface area contributed by atoms with Crippen molar-refractivity contribution < 1.29 is 14.3 Å². The lowest BCUT2D eigenvalue weighted by Crippen LogP contribution is -2.43. The first kappa shape index (κ1) is 20.1. The first-order chi connectivity index (χ1) is 14.2. The van der Waals surface area contributed by atoms with Crippen molar-refractivity contribution in [1.29, 1.82) is 0 Å². The van der Waals surface area contributed by atoms with Gasteiger partial charge >= 0.3 is 0 Å². The van der Waals surface area contributed by atoms with E-state index in [-0.39, 0.29) is 18.9 Å². The van der Waals surface area contributed by atoms with Crippen molar-refractivity contribution in [3.05, 3.63) is 78.4 Å². The maximum atomic E-state index is 12.0. The van der Waals surface area contributed by atoms with Crippen molar-refractivity contribution >= 4 is 11.8 Å². The third kappa shape index (κ3) is 6.76. The highest BCUT2D eigenvalue weighted by Crippen LogP contribution is 2.21. The summed E-state index contributed by atoms with van der Waals surface area (Å²) in [6, 6.07) is 17.6. The molecule has 0 spiro atoms. The van der Waals surface area contributed by atoms with E-state index in [2.05, 4.69) is 20.9 Å². The SMILES string of the molecule is O=C(CCCn1cncn1)NNC(=O)COc1ccccc1Cc1ccccc1. The number of ether oxygens (including phenoxy) is 1. The van der Waals surface area contributed by atoms with E-state index in [1.165, 1.54) is 6.33 Å². The summed E-state index contributed by atoms with van der Waals surface area (Å²) in [7, 11) is 0. The van der Waals surface area contributed by atoms with Crippen LogP contribution in [0, 0.1) is 0 Å². The number of aryl methyl sites for hydroxylation is 1. The van der Waals surface area contributed by atoms with Gasteiger partial charge < -0.3 is 4.74 Å². The minimum absolute atomic E-state index is 0.189. The minimum Gasteiger partial charge on any atom is -0.483 e. The van der Waals surface area contributed by atoms with E-state index in [1.807, 2.05) is 54.6 Å². The van der Waals surface area contributed by atoms with Gasteiger partial charge in [0.1, 0.15) is 18.4 Å². The largest absolute Gasteiger partial charge is 0.483 e. The number of aromatic nitrogens is 3. The normalized spacial score (nSPS) is 10.3. The first-order valence-corrected chi connectivity index (χ1v) is 9.35. The third-order valence-corrected chi connectivity index (χ3v) is 4.17. The van der Waals surface area contributed by atoms with Crippen molar-refractivity contribution in [1.82, 2.24) is 25.6 Å². The van der Waals surface area contributed by atoms with Crippen LogP contribution in [0.15, 0.2) is 67.3 Å². The van der Waals surface area contributed by atoms with Crippen LogP contribution in [0.2, 0.25) is 0 Å². The highest BCUT2D eigenvalue weighted by Gasteiger charge is 2.09. The van der Waals surface area contributed by atoms with Gasteiger partial charge in [-0.25, -0.2) is 4.98 Å². The summed E-state index contributed by atoms with van der Waals surface area (Å²) in [5.74, 6) is -0.0576. The molecule has 8 heteroatoms. The van der Waals surface area contributed by atoms with E-state index in [9.17, 15) is 9.59 Å². The Labute approximate surface area is 168 Å². The molecule has 1 aromatic heterocycles. The molecule has 0 saturated heterocycles. The molecule has 0 aliphatic carbocycles. The number of nitrogens with one attached hydrogen (secondary N) is 2. The highest BCUT2D eigenvalue weighted by atomic mass is 16.5. The van der Waals surface area contributed by atoms with E-state index < -0.39 is 5.91 Å². The Kier molecular flexibility index (Phi) is 7.34. The smallest absolute Gasteiger partial charge is 0.276 e. The van der Waals surface area contributed by atoms with Crippen LogP contribution in [0.5, 0.6) is 5.75 Å². The van der Waals surface area contributed by atoms with Gasteiger partial charge in [0.2, 0.25) is 5.91 Å². The summed E-state index contributed by atoms with van der Waals surface area (Å²) in [5, 5.41) is 3.96. The zero-order valence-electron chi connectivity index (χ0n) is 16.0. The fourth-order valence-corrected chi connectivity index (χ4v) is 2.74. The van der Waals surface area contributed by atoms with Crippen LogP contribution in [0.4, 0.5) is 0 Å². The average Bonchev–Trinajstić information content (AvgIpc) is 3.26. The van der Waals surface area contributed by atoms with Crippen LogP contribution in [-0.2, 0) is 22.6 Å². The van der Waals surface area contributed by atoms with Gasteiger partial charge in [-0.3, -0.25) is 25.1 Å². The predicted molar refractivity (Wildman–Crippen MR) is 107 cm³/mol. The molecule has 3 aromatic rings. The van der Waals surface area contributed by atoms with E-state index >= 15 is 0 Å². The molecular formula is C21H23N5O3. The molecule has 29 heavy (non-hydrogen) atoms. The number of carbonyl (C=O) groups excluding carboxylic acids is 2. The summed E-state index contributed by atoms with van der Waals surface area (Å²) in [6.45, 7) is 0.397. The Morgan fingerprint density at radius 2 is 1.72 bits per heavy atom. The van der Waals surface area contributed by atoms with Crippen molar-refractivity contribution in [2.24, 2.45) is 0 Å². The van der Waals surface area contributed by atoms with Gasteiger partial charge in [0.15, 0.2) is 6.61 Å². The van der Waals surface area contributed by atoms with Gasteiger partial charge in [-0.1, -0.05) is 48.5 Å². The van der Waals surface area contributed by atoms with Crippen LogP contribution in [0.1, 0.15) is 24.0 Å². The summed E-state index contributed by atoms with van der Waals surface area (Å²) in [6.07, 6.45) is 4.60. The molecule has 0 unspecified atom stereocenters. The highest BCUT2D eigenvalue weighted by molar-refractivity contribution is 5.82. The van der Waals surface area contributed by atoms with Gasteiger partial charge in [-0.15, -0.1) is 0 Å². The molecule has 1 heterocycles. The number of hydrazine groups is 1. The van der Waals surface area contributed by atoms with E-state index in [4.69, 9.17) is 4.74 Å². The quantitative estimate of drug-likeness (QED) is 0.541. The molecule has 2 amide bonds. The molecular weight excluding hydrogens is 370 g/mol. The summed E-state index contributed by atoms with van der Waals surface area (Å²) in [4.78, 5) is 27.6. The minimum atomic E-state index is -0.427. The Morgan fingerprint density at radius 1 is 0.966 bits per heavy atom. The molecule has 8 nitrogen and oxygen atoms in total. The van der Waals surface area contributed by atoms with E-state index in [0.29, 0.717) is 25.1 Å². The number of carbonyl (C=O) groups is 2. The lowest BCUT2D eigenvalue weighted by molar-refractivity contribution is -0.130. The predicted octanol–water partition coefficient (Wildman–Crippen LogP) is 1.88. The average molecular weight is 393 g/mol. The molecule has 0 radical (unpaired) electrons.